The van der Waals surface area contributed by atoms with Gasteiger partial charge in [-0.05, 0) is 36.4 Å². The summed E-state index contributed by atoms with van der Waals surface area (Å²) in [6, 6.07) is 16.3. The Morgan fingerprint density at radius 3 is 2.28 bits per heavy atom. The zero-order valence-corrected chi connectivity index (χ0v) is 19.9. The molecule has 9 nitrogen and oxygen atoms in total. The smallest absolute Gasteiger partial charge is 0.294 e. The van der Waals surface area contributed by atoms with E-state index in [1.54, 1.807) is 59.5 Å². The molecule has 0 bridgehead atoms. The first-order valence-corrected chi connectivity index (χ1v) is 11.8. The van der Waals surface area contributed by atoms with Gasteiger partial charge >= 0.3 is 0 Å². The second-order valence-corrected chi connectivity index (χ2v) is 8.84. The molecule has 2 aliphatic heterocycles. The van der Waals surface area contributed by atoms with Crippen LogP contribution in [0.15, 0.2) is 60.7 Å². The summed E-state index contributed by atoms with van der Waals surface area (Å²) in [5, 5.41) is 11.8. The minimum atomic E-state index is -0.460. The highest BCUT2D eigenvalue weighted by Crippen LogP contribution is 2.33. The summed E-state index contributed by atoms with van der Waals surface area (Å²) in [6.45, 7) is 2.39. The first-order valence-electron chi connectivity index (χ1n) is 11.4. The molecule has 0 radical (unpaired) electrons. The zero-order chi connectivity index (χ0) is 25.2. The molecule has 0 spiro atoms. The normalized spacial score (nSPS) is 14.9. The van der Waals surface area contributed by atoms with Gasteiger partial charge in [0.2, 0.25) is 0 Å². The summed E-state index contributed by atoms with van der Waals surface area (Å²) in [7, 11) is 0. The number of anilines is 1. The van der Waals surface area contributed by atoms with E-state index in [0.29, 0.717) is 78.3 Å². The van der Waals surface area contributed by atoms with Crippen LogP contribution in [0.5, 0.6) is 11.5 Å². The first-order chi connectivity index (χ1) is 17.4. The Morgan fingerprint density at radius 2 is 1.56 bits per heavy atom. The number of carbonyl (C=O) groups is 2. The number of halogens is 1. The molecule has 0 atom stereocenters. The minimum absolute atomic E-state index is 0.0716. The molecule has 3 aromatic carbocycles. The van der Waals surface area contributed by atoms with Crippen LogP contribution in [0.4, 0.5) is 11.4 Å². The number of nitrogens with zero attached hydrogens (tertiary/aromatic N) is 3. The van der Waals surface area contributed by atoms with Crippen LogP contribution in [0.25, 0.3) is 0 Å². The third kappa shape index (κ3) is 4.57. The van der Waals surface area contributed by atoms with Crippen molar-refractivity contribution in [2.75, 3.05) is 44.3 Å². The molecule has 0 saturated carbocycles. The third-order valence-electron chi connectivity index (χ3n) is 6.25. The quantitative estimate of drug-likeness (QED) is 0.289. The van der Waals surface area contributed by atoms with Gasteiger partial charge in [0.1, 0.15) is 18.9 Å². The van der Waals surface area contributed by atoms with Crippen LogP contribution in [0, 0.1) is 10.1 Å². The maximum absolute atomic E-state index is 13.4. The third-order valence-corrected chi connectivity index (χ3v) is 6.48. The molecule has 184 valence electrons. The molecule has 0 aromatic heterocycles. The summed E-state index contributed by atoms with van der Waals surface area (Å²) in [5.41, 5.74) is 1.40. The number of carbonyl (C=O) groups excluding carboxylic acids is 2. The minimum Gasteiger partial charge on any atom is -0.486 e. The molecule has 0 N–H and O–H groups in total. The second kappa shape index (κ2) is 9.87. The lowest BCUT2D eigenvalue weighted by atomic mass is 9.97. The van der Waals surface area contributed by atoms with Crippen molar-refractivity contribution in [3.8, 4) is 11.5 Å². The van der Waals surface area contributed by atoms with E-state index in [2.05, 4.69) is 0 Å². The summed E-state index contributed by atoms with van der Waals surface area (Å²) in [5.74, 6) is 0.539. The molecule has 10 heteroatoms. The van der Waals surface area contributed by atoms with E-state index < -0.39 is 4.92 Å². The number of fused-ring (bicyclic) bond motifs is 1. The number of hydrogen-bond donors (Lipinski definition) is 0. The number of amides is 1. The van der Waals surface area contributed by atoms with Crippen molar-refractivity contribution >= 4 is 34.7 Å². The lowest BCUT2D eigenvalue weighted by Crippen LogP contribution is -2.49. The van der Waals surface area contributed by atoms with Gasteiger partial charge in [0, 0.05) is 48.4 Å². The van der Waals surface area contributed by atoms with Crippen LogP contribution >= 0.6 is 11.6 Å². The fourth-order valence-corrected chi connectivity index (χ4v) is 4.61. The van der Waals surface area contributed by atoms with Gasteiger partial charge in [-0.25, -0.2) is 0 Å². The number of nitro benzene ring substituents is 1. The predicted molar refractivity (Wildman–Crippen MR) is 134 cm³/mol. The van der Waals surface area contributed by atoms with Crippen molar-refractivity contribution in [2.45, 2.75) is 0 Å². The van der Waals surface area contributed by atoms with E-state index in [1.165, 1.54) is 6.07 Å². The van der Waals surface area contributed by atoms with E-state index in [9.17, 15) is 19.7 Å². The summed E-state index contributed by atoms with van der Waals surface area (Å²) in [6.07, 6.45) is 0. The van der Waals surface area contributed by atoms with Crippen LogP contribution in [-0.2, 0) is 0 Å². The first kappa shape index (κ1) is 23.6. The highest BCUT2D eigenvalue weighted by atomic mass is 35.5. The van der Waals surface area contributed by atoms with Crippen LogP contribution in [-0.4, -0.2) is 60.9 Å². The summed E-state index contributed by atoms with van der Waals surface area (Å²) < 4.78 is 11.1. The van der Waals surface area contributed by atoms with E-state index in [4.69, 9.17) is 21.1 Å². The Bertz CT molecular complexity index is 1350. The van der Waals surface area contributed by atoms with Crippen molar-refractivity contribution in [2.24, 2.45) is 0 Å². The Labute approximate surface area is 211 Å². The number of piperazine rings is 1. The van der Waals surface area contributed by atoms with Gasteiger partial charge < -0.3 is 19.3 Å². The highest BCUT2D eigenvalue weighted by Gasteiger charge is 2.29. The van der Waals surface area contributed by atoms with Crippen molar-refractivity contribution < 1.29 is 24.0 Å². The van der Waals surface area contributed by atoms with Crippen molar-refractivity contribution in [3.63, 3.8) is 0 Å². The fourth-order valence-electron chi connectivity index (χ4n) is 4.44. The maximum Gasteiger partial charge on any atom is 0.294 e. The van der Waals surface area contributed by atoms with Crippen LogP contribution in [0.1, 0.15) is 26.3 Å². The number of benzene rings is 3. The van der Waals surface area contributed by atoms with Gasteiger partial charge in [-0.15, -0.1) is 0 Å². The van der Waals surface area contributed by atoms with E-state index >= 15 is 0 Å². The molecule has 2 aliphatic rings. The number of nitro groups is 1. The maximum atomic E-state index is 13.4. The molecule has 2 heterocycles. The Morgan fingerprint density at radius 1 is 0.861 bits per heavy atom. The van der Waals surface area contributed by atoms with Gasteiger partial charge in [0.05, 0.1) is 10.5 Å². The standard InChI is InChI=1S/C26H22ClN3O6/c27-18-6-7-21(22(16-18)30(33)34)28-9-11-29(12-10-28)26(32)20-4-2-1-3-19(20)25(31)17-5-8-23-24(15-17)36-14-13-35-23/h1-8,15-16H,9-14H2. The average Bonchev–Trinajstić information content (AvgIpc) is 2.92. The van der Waals surface area contributed by atoms with Gasteiger partial charge in [-0.3, -0.25) is 19.7 Å². The molecule has 0 aliphatic carbocycles. The number of ketones is 1. The van der Waals surface area contributed by atoms with Gasteiger partial charge in [-0.2, -0.15) is 0 Å². The molecular weight excluding hydrogens is 486 g/mol. The van der Waals surface area contributed by atoms with Crippen molar-refractivity contribution in [3.05, 3.63) is 92.5 Å². The van der Waals surface area contributed by atoms with Crippen molar-refractivity contribution in [1.82, 2.24) is 4.90 Å². The van der Waals surface area contributed by atoms with Crippen LogP contribution in [0.2, 0.25) is 5.02 Å². The average molecular weight is 508 g/mol. The van der Waals surface area contributed by atoms with Gasteiger partial charge in [-0.1, -0.05) is 29.8 Å². The molecule has 5 rings (SSSR count). The number of hydrogen-bond acceptors (Lipinski definition) is 7. The summed E-state index contributed by atoms with van der Waals surface area (Å²) in [4.78, 5) is 41.3. The lowest BCUT2D eigenvalue weighted by molar-refractivity contribution is -0.384. The predicted octanol–water partition coefficient (Wildman–Crippen LogP) is 4.21. The lowest BCUT2D eigenvalue weighted by Gasteiger charge is -2.36. The SMILES string of the molecule is O=C(c1ccc2c(c1)OCCO2)c1ccccc1C(=O)N1CCN(c2ccc(Cl)cc2[N+](=O)[O-])CC1. The fraction of sp³-hybridized carbons (Fsp3) is 0.231. The molecule has 3 aromatic rings. The second-order valence-electron chi connectivity index (χ2n) is 8.40. The summed E-state index contributed by atoms with van der Waals surface area (Å²) >= 11 is 5.94. The van der Waals surface area contributed by atoms with Gasteiger partial charge in [0.25, 0.3) is 11.6 Å². The number of ether oxygens (including phenoxy) is 2. The zero-order valence-electron chi connectivity index (χ0n) is 19.2. The molecule has 0 unspecified atom stereocenters. The monoisotopic (exact) mass is 507 g/mol. The highest BCUT2D eigenvalue weighted by molar-refractivity contribution is 6.31. The molecule has 1 fully saturated rings. The molecule has 36 heavy (non-hydrogen) atoms. The Kier molecular flexibility index (Phi) is 6.47. The van der Waals surface area contributed by atoms with Crippen LogP contribution < -0.4 is 14.4 Å². The van der Waals surface area contributed by atoms with E-state index in [0.717, 1.165) is 0 Å². The Hall–Kier alpha value is -4.11. The van der Waals surface area contributed by atoms with E-state index in [1.807, 2.05) is 4.90 Å². The Balaban J connectivity index is 1.34. The molecular formula is C26H22ClN3O6. The number of rotatable bonds is 5. The van der Waals surface area contributed by atoms with Crippen molar-refractivity contribution in [1.29, 1.82) is 0 Å². The van der Waals surface area contributed by atoms with E-state index in [-0.39, 0.29) is 17.4 Å². The molecule has 1 saturated heterocycles. The largest absolute Gasteiger partial charge is 0.486 e. The molecule has 1 amide bonds. The topological polar surface area (TPSA) is 102 Å². The van der Waals surface area contributed by atoms with Gasteiger partial charge in [0.15, 0.2) is 17.3 Å². The van der Waals surface area contributed by atoms with Crippen LogP contribution in [0.3, 0.4) is 0 Å².